The van der Waals surface area contributed by atoms with E-state index in [1.807, 2.05) is 17.0 Å². The van der Waals surface area contributed by atoms with E-state index in [2.05, 4.69) is 33.2 Å². The molecule has 0 N–H and O–H groups in total. The SMILES string of the molecule is C#CCCC1(CCC(=O)N2CCCN(c3ccc(OC)cc3)CC2)N=N1. The van der Waals surface area contributed by atoms with E-state index in [0.29, 0.717) is 19.3 Å². The molecule has 1 aromatic rings. The topological polar surface area (TPSA) is 57.5 Å². The number of rotatable bonds is 7. The molecule has 0 saturated carbocycles. The van der Waals surface area contributed by atoms with Crippen LogP contribution in [0.2, 0.25) is 0 Å². The molecule has 1 aromatic carbocycles. The Morgan fingerprint density at radius 3 is 2.62 bits per heavy atom. The van der Waals surface area contributed by atoms with Crippen LogP contribution in [0.3, 0.4) is 0 Å². The maximum absolute atomic E-state index is 12.6. The second kappa shape index (κ2) is 8.22. The van der Waals surface area contributed by atoms with Gasteiger partial charge in [-0.2, -0.15) is 10.2 Å². The predicted molar refractivity (Wildman–Crippen MR) is 101 cm³/mol. The van der Waals surface area contributed by atoms with Crippen molar-refractivity contribution in [3.05, 3.63) is 24.3 Å². The summed E-state index contributed by atoms with van der Waals surface area (Å²) < 4.78 is 5.22. The Balaban J connectivity index is 1.48. The van der Waals surface area contributed by atoms with Crippen LogP contribution in [0.5, 0.6) is 5.75 Å². The second-order valence-electron chi connectivity index (χ2n) is 6.81. The van der Waals surface area contributed by atoms with Gasteiger partial charge in [0, 0.05) is 57.5 Å². The minimum atomic E-state index is -0.372. The highest BCUT2D eigenvalue weighted by Crippen LogP contribution is 2.37. The number of hydrogen-bond donors (Lipinski definition) is 0. The third-order valence-electron chi connectivity index (χ3n) is 5.08. The van der Waals surface area contributed by atoms with Crippen LogP contribution in [-0.4, -0.2) is 49.8 Å². The average Bonchev–Trinajstić information content (AvgIpc) is 3.48. The van der Waals surface area contributed by atoms with Gasteiger partial charge in [-0.25, -0.2) is 0 Å². The van der Waals surface area contributed by atoms with Crippen molar-refractivity contribution in [3.8, 4) is 18.1 Å². The highest BCUT2D eigenvalue weighted by atomic mass is 16.5. The van der Waals surface area contributed by atoms with Crippen LogP contribution < -0.4 is 9.64 Å². The number of amides is 1. The molecule has 0 radical (unpaired) electrons. The first-order valence-corrected chi connectivity index (χ1v) is 9.20. The van der Waals surface area contributed by atoms with E-state index < -0.39 is 0 Å². The zero-order valence-corrected chi connectivity index (χ0v) is 15.4. The largest absolute Gasteiger partial charge is 0.497 e. The zero-order valence-electron chi connectivity index (χ0n) is 15.4. The summed E-state index contributed by atoms with van der Waals surface area (Å²) in [5.41, 5.74) is 0.798. The Morgan fingerprint density at radius 2 is 1.96 bits per heavy atom. The lowest BCUT2D eigenvalue weighted by molar-refractivity contribution is -0.131. The quantitative estimate of drug-likeness (QED) is 0.707. The van der Waals surface area contributed by atoms with Crippen molar-refractivity contribution >= 4 is 11.6 Å². The molecule has 1 amide bonds. The molecule has 2 aliphatic rings. The summed E-state index contributed by atoms with van der Waals surface area (Å²) in [6.45, 7) is 3.34. The molecule has 0 atom stereocenters. The molecule has 0 unspecified atom stereocenters. The number of methoxy groups -OCH3 is 1. The molecular formula is C20H26N4O2. The maximum Gasteiger partial charge on any atom is 0.222 e. The lowest BCUT2D eigenvalue weighted by atomic mass is 10.0. The van der Waals surface area contributed by atoms with E-state index >= 15 is 0 Å². The molecule has 6 nitrogen and oxygen atoms in total. The van der Waals surface area contributed by atoms with Gasteiger partial charge in [0.05, 0.1) is 7.11 Å². The third-order valence-corrected chi connectivity index (χ3v) is 5.08. The van der Waals surface area contributed by atoms with Crippen molar-refractivity contribution in [2.75, 3.05) is 38.2 Å². The first-order valence-electron chi connectivity index (χ1n) is 9.20. The van der Waals surface area contributed by atoms with Crippen LogP contribution in [0, 0.1) is 12.3 Å². The molecule has 0 bridgehead atoms. The Kier molecular flexibility index (Phi) is 5.77. The van der Waals surface area contributed by atoms with Crippen molar-refractivity contribution in [3.63, 3.8) is 0 Å². The van der Waals surface area contributed by atoms with Crippen molar-refractivity contribution < 1.29 is 9.53 Å². The maximum atomic E-state index is 12.6. The van der Waals surface area contributed by atoms with Gasteiger partial charge >= 0.3 is 0 Å². The Hall–Kier alpha value is -2.55. The van der Waals surface area contributed by atoms with Gasteiger partial charge < -0.3 is 14.5 Å². The Labute approximate surface area is 155 Å². The van der Waals surface area contributed by atoms with Gasteiger partial charge in [0.1, 0.15) is 5.75 Å². The normalized spacial score (nSPS) is 18.2. The lowest BCUT2D eigenvalue weighted by Crippen LogP contribution is -2.35. The number of carbonyl (C=O) groups is 1. The molecule has 1 fully saturated rings. The van der Waals surface area contributed by atoms with Crippen molar-refractivity contribution in [1.82, 2.24) is 4.90 Å². The minimum Gasteiger partial charge on any atom is -0.497 e. The fourth-order valence-corrected chi connectivity index (χ4v) is 3.35. The number of benzene rings is 1. The molecule has 3 rings (SSSR count). The van der Waals surface area contributed by atoms with Crippen LogP contribution in [0.15, 0.2) is 34.5 Å². The molecular weight excluding hydrogens is 328 g/mol. The summed E-state index contributed by atoms with van der Waals surface area (Å²) in [6, 6.07) is 8.09. The van der Waals surface area contributed by atoms with Crippen LogP contribution >= 0.6 is 0 Å². The van der Waals surface area contributed by atoms with E-state index in [4.69, 9.17) is 11.2 Å². The first-order chi connectivity index (χ1) is 12.7. The van der Waals surface area contributed by atoms with Gasteiger partial charge in [-0.15, -0.1) is 12.3 Å². The molecule has 6 heteroatoms. The fourth-order valence-electron chi connectivity index (χ4n) is 3.35. The minimum absolute atomic E-state index is 0.193. The molecule has 2 heterocycles. The molecule has 0 aromatic heterocycles. The Bertz CT molecular complexity index is 687. The summed E-state index contributed by atoms with van der Waals surface area (Å²) in [5, 5.41) is 8.23. The van der Waals surface area contributed by atoms with Gasteiger partial charge in [-0.05, 0) is 30.7 Å². The molecule has 138 valence electrons. The fraction of sp³-hybridized carbons (Fsp3) is 0.550. The third kappa shape index (κ3) is 4.54. The summed E-state index contributed by atoms with van der Waals surface area (Å²) in [7, 11) is 1.67. The number of nitrogens with zero attached hydrogens (tertiary/aromatic N) is 4. The molecule has 26 heavy (non-hydrogen) atoms. The monoisotopic (exact) mass is 354 g/mol. The van der Waals surface area contributed by atoms with Gasteiger partial charge in [-0.3, -0.25) is 4.79 Å². The zero-order chi connectivity index (χ0) is 18.4. The molecule has 2 aliphatic heterocycles. The van der Waals surface area contributed by atoms with Crippen LogP contribution in [-0.2, 0) is 4.79 Å². The van der Waals surface area contributed by atoms with E-state index in [0.717, 1.165) is 44.8 Å². The number of hydrogen-bond acceptors (Lipinski definition) is 5. The standard InChI is InChI=1S/C20H26N4O2/c1-3-4-11-20(21-22-20)12-10-19(25)24-14-5-13-23(15-16-24)17-6-8-18(26-2)9-7-17/h1,6-9H,4-5,10-16H2,2H3. The van der Waals surface area contributed by atoms with E-state index in [1.165, 1.54) is 5.69 Å². The van der Waals surface area contributed by atoms with Crippen LogP contribution in [0.4, 0.5) is 5.69 Å². The van der Waals surface area contributed by atoms with Crippen LogP contribution in [0.25, 0.3) is 0 Å². The molecule has 1 saturated heterocycles. The first kappa shape index (κ1) is 18.2. The Morgan fingerprint density at radius 1 is 1.19 bits per heavy atom. The predicted octanol–water partition coefficient (Wildman–Crippen LogP) is 3.09. The summed E-state index contributed by atoms with van der Waals surface area (Å²) in [4.78, 5) is 16.9. The van der Waals surface area contributed by atoms with E-state index in [9.17, 15) is 4.79 Å². The van der Waals surface area contributed by atoms with Crippen LogP contribution in [0.1, 0.15) is 32.1 Å². The van der Waals surface area contributed by atoms with Crippen molar-refractivity contribution in [1.29, 1.82) is 0 Å². The van der Waals surface area contributed by atoms with Gasteiger partial charge in [0.25, 0.3) is 0 Å². The summed E-state index contributed by atoms with van der Waals surface area (Å²) in [5.74, 6) is 3.67. The average molecular weight is 354 g/mol. The summed E-state index contributed by atoms with van der Waals surface area (Å²) in [6.07, 6.45) is 8.84. The number of carbonyl (C=O) groups excluding carboxylic acids is 1. The summed E-state index contributed by atoms with van der Waals surface area (Å²) >= 11 is 0. The molecule has 0 aliphatic carbocycles. The lowest BCUT2D eigenvalue weighted by Gasteiger charge is -2.24. The van der Waals surface area contributed by atoms with Gasteiger partial charge in [0.2, 0.25) is 5.91 Å². The van der Waals surface area contributed by atoms with Crippen molar-refractivity contribution in [2.24, 2.45) is 10.2 Å². The number of terminal acetylenes is 1. The van der Waals surface area contributed by atoms with Crippen molar-refractivity contribution in [2.45, 2.75) is 37.8 Å². The number of anilines is 1. The van der Waals surface area contributed by atoms with E-state index in [1.54, 1.807) is 7.11 Å². The smallest absolute Gasteiger partial charge is 0.222 e. The van der Waals surface area contributed by atoms with E-state index in [-0.39, 0.29) is 11.6 Å². The van der Waals surface area contributed by atoms with Gasteiger partial charge in [-0.1, -0.05) is 0 Å². The number of ether oxygens (including phenoxy) is 1. The second-order valence-corrected chi connectivity index (χ2v) is 6.81. The van der Waals surface area contributed by atoms with Gasteiger partial charge in [0.15, 0.2) is 5.66 Å². The highest BCUT2D eigenvalue weighted by molar-refractivity contribution is 5.76. The highest BCUT2D eigenvalue weighted by Gasteiger charge is 2.39. The molecule has 0 spiro atoms.